The molecule has 0 aromatic rings. The summed E-state index contributed by atoms with van der Waals surface area (Å²) in [6.07, 6.45) is 0. The van der Waals surface area contributed by atoms with Gasteiger partial charge in [-0.05, 0) is 27.9 Å². The van der Waals surface area contributed by atoms with Crippen molar-refractivity contribution in [3.63, 3.8) is 0 Å². The lowest BCUT2D eigenvalue weighted by Gasteiger charge is -2.29. The van der Waals surface area contributed by atoms with E-state index in [1.165, 1.54) is 0 Å². The first-order valence-electron chi connectivity index (χ1n) is 4.58. The van der Waals surface area contributed by atoms with E-state index in [1.807, 2.05) is 25.9 Å². The number of hydrogen-bond donors (Lipinski definition) is 1. The van der Waals surface area contributed by atoms with Crippen LogP contribution in [0.15, 0.2) is 0 Å². The quantitative estimate of drug-likeness (QED) is 0.667. The first-order chi connectivity index (χ1) is 6.02. The smallest absolute Gasteiger partial charge is 0.232 e. The predicted octanol–water partition coefficient (Wildman–Crippen LogP) is 0.715. The van der Waals surface area contributed by atoms with Crippen LogP contribution < -0.4 is 0 Å². The summed E-state index contributed by atoms with van der Waals surface area (Å²) in [4.78, 5) is 15.3. The van der Waals surface area contributed by atoms with Crippen molar-refractivity contribution in [2.75, 3.05) is 32.9 Å². The Morgan fingerprint density at radius 2 is 2.00 bits per heavy atom. The van der Waals surface area contributed by atoms with Crippen LogP contribution in [0.1, 0.15) is 13.8 Å². The molecule has 1 atom stereocenters. The molecular weight excluding hydrogens is 184 g/mol. The van der Waals surface area contributed by atoms with Crippen LogP contribution >= 0.6 is 12.6 Å². The summed E-state index contributed by atoms with van der Waals surface area (Å²) >= 11 is 3.99. The van der Waals surface area contributed by atoms with Crippen molar-refractivity contribution in [1.82, 2.24) is 9.80 Å². The van der Waals surface area contributed by atoms with E-state index in [0.717, 1.165) is 13.1 Å². The van der Waals surface area contributed by atoms with Gasteiger partial charge in [0.05, 0.1) is 5.75 Å². The van der Waals surface area contributed by atoms with E-state index in [-0.39, 0.29) is 11.9 Å². The van der Waals surface area contributed by atoms with E-state index < -0.39 is 0 Å². The van der Waals surface area contributed by atoms with Crippen molar-refractivity contribution in [2.45, 2.75) is 19.9 Å². The Bertz CT molecular complexity index is 162. The normalized spacial score (nSPS) is 13.1. The van der Waals surface area contributed by atoms with Crippen molar-refractivity contribution >= 4 is 18.5 Å². The summed E-state index contributed by atoms with van der Waals surface area (Å²) < 4.78 is 0. The van der Waals surface area contributed by atoms with Crippen LogP contribution in [0, 0.1) is 0 Å². The van der Waals surface area contributed by atoms with E-state index in [2.05, 4.69) is 24.5 Å². The average molecular weight is 204 g/mol. The molecule has 0 aromatic carbocycles. The average Bonchev–Trinajstić information content (AvgIpc) is 2.03. The molecule has 0 saturated heterocycles. The first-order valence-corrected chi connectivity index (χ1v) is 5.21. The lowest BCUT2D eigenvalue weighted by molar-refractivity contribution is -0.130. The highest BCUT2D eigenvalue weighted by Gasteiger charge is 2.16. The van der Waals surface area contributed by atoms with Gasteiger partial charge in [-0.25, -0.2) is 0 Å². The third-order valence-corrected chi connectivity index (χ3v) is 2.23. The lowest BCUT2D eigenvalue weighted by atomic mass is 10.2. The SMILES string of the molecule is CCN(C(=O)CS)C(C)CN(C)C. The van der Waals surface area contributed by atoms with Crippen LogP contribution in [-0.4, -0.2) is 54.7 Å². The highest BCUT2D eigenvalue weighted by molar-refractivity contribution is 7.81. The molecule has 0 radical (unpaired) electrons. The van der Waals surface area contributed by atoms with Gasteiger partial charge in [0.25, 0.3) is 0 Å². The molecule has 0 saturated carbocycles. The number of likely N-dealkylation sites (N-methyl/N-ethyl adjacent to an activating group) is 2. The van der Waals surface area contributed by atoms with Gasteiger partial charge in [-0.1, -0.05) is 0 Å². The maximum absolute atomic E-state index is 11.4. The second kappa shape index (κ2) is 6.27. The minimum Gasteiger partial charge on any atom is -0.338 e. The van der Waals surface area contributed by atoms with Gasteiger partial charge in [0, 0.05) is 19.1 Å². The second-order valence-corrected chi connectivity index (χ2v) is 3.77. The maximum atomic E-state index is 11.4. The standard InChI is InChI=1S/C9H20N2OS/c1-5-11(9(12)7-13)8(2)6-10(3)4/h8,13H,5-7H2,1-4H3. The molecule has 0 rings (SSSR count). The number of thiol groups is 1. The van der Waals surface area contributed by atoms with Crippen molar-refractivity contribution in [3.8, 4) is 0 Å². The molecule has 1 unspecified atom stereocenters. The molecule has 0 N–H and O–H groups in total. The first kappa shape index (κ1) is 12.8. The van der Waals surface area contributed by atoms with Crippen LogP contribution in [0.3, 0.4) is 0 Å². The molecule has 1 amide bonds. The largest absolute Gasteiger partial charge is 0.338 e. The van der Waals surface area contributed by atoms with Crippen molar-refractivity contribution in [2.24, 2.45) is 0 Å². The van der Waals surface area contributed by atoms with Crippen molar-refractivity contribution in [1.29, 1.82) is 0 Å². The molecule has 0 aliphatic rings. The van der Waals surface area contributed by atoms with Crippen LogP contribution in [0.4, 0.5) is 0 Å². The molecule has 13 heavy (non-hydrogen) atoms. The molecule has 0 bridgehead atoms. The molecule has 0 aliphatic carbocycles. The van der Waals surface area contributed by atoms with Gasteiger partial charge in [0.1, 0.15) is 0 Å². The molecule has 0 heterocycles. The number of carbonyl (C=O) groups excluding carboxylic acids is 1. The molecule has 0 spiro atoms. The van der Waals surface area contributed by atoms with Gasteiger partial charge < -0.3 is 9.80 Å². The van der Waals surface area contributed by atoms with E-state index in [0.29, 0.717) is 5.75 Å². The fourth-order valence-electron chi connectivity index (χ4n) is 1.45. The molecular formula is C9H20N2OS. The highest BCUT2D eigenvalue weighted by Crippen LogP contribution is 2.01. The van der Waals surface area contributed by atoms with Crippen LogP contribution in [-0.2, 0) is 4.79 Å². The topological polar surface area (TPSA) is 23.6 Å². The Morgan fingerprint density at radius 3 is 2.31 bits per heavy atom. The third-order valence-electron chi connectivity index (χ3n) is 1.96. The summed E-state index contributed by atoms with van der Waals surface area (Å²) in [5.74, 6) is 0.409. The Labute approximate surface area is 86.5 Å². The third kappa shape index (κ3) is 4.52. The summed E-state index contributed by atoms with van der Waals surface area (Å²) in [7, 11) is 4.02. The fourth-order valence-corrected chi connectivity index (χ4v) is 1.63. The van der Waals surface area contributed by atoms with Gasteiger partial charge in [0.2, 0.25) is 5.91 Å². The Morgan fingerprint density at radius 1 is 1.46 bits per heavy atom. The molecule has 3 nitrogen and oxygen atoms in total. The Balaban J connectivity index is 4.14. The van der Waals surface area contributed by atoms with Crippen LogP contribution in [0.2, 0.25) is 0 Å². The van der Waals surface area contributed by atoms with Gasteiger partial charge in [-0.2, -0.15) is 12.6 Å². The van der Waals surface area contributed by atoms with Gasteiger partial charge in [-0.15, -0.1) is 0 Å². The molecule has 0 fully saturated rings. The van der Waals surface area contributed by atoms with Crippen molar-refractivity contribution in [3.05, 3.63) is 0 Å². The highest BCUT2D eigenvalue weighted by atomic mass is 32.1. The van der Waals surface area contributed by atoms with E-state index in [1.54, 1.807) is 0 Å². The zero-order valence-electron chi connectivity index (χ0n) is 8.95. The second-order valence-electron chi connectivity index (χ2n) is 3.45. The summed E-state index contributed by atoms with van der Waals surface area (Å²) in [6.45, 7) is 5.71. The minimum absolute atomic E-state index is 0.111. The van der Waals surface area contributed by atoms with E-state index >= 15 is 0 Å². The molecule has 4 heteroatoms. The number of rotatable bonds is 5. The molecule has 78 valence electrons. The number of amides is 1. The van der Waals surface area contributed by atoms with Gasteiger partial charge >= 0.3 is 0 Å². The fraction of sp³-hybridized carbons (Fsp3) is 0.889. The van der Waals surface area contributed by atoms with E-state index in [9.17, 15) is 4.79 Å². The number of nitrogens with zero attached hydrogens (tertiary/aromatic N) is 2. The predicted molar refractivity (Wildman–Crippen MR) is 59.3 cm³/mol. The summed E-state index contributed by atoms with van der Waals surface area (Å²) in [5, 5.41) is 0. The lowest BCUT2D eigenvalue weighted by Crippen LogP contribution is -2.44. The van der Waals surface area contributed by atoms with Gasteiger partial charge in [0.15, 0.2) is 0 Å². The van der Waals surface area contributed by atoms with Crippen molar-refractivity contribution < 1.29 is 4.79 Å². The Hall–Kier alpha value is -0.220. The van der Waals surface area contributed by atoms with Crippen LogP contribution in [0.5, 0.6) is 0 Å². The van der Waals surface area contributed by atoms with E-state index in [4.69, 9.17) is 0 Å². The zero-order chi connectivity index (χ0) is 10.4. The Kier molecular flexibility index (Phi) is 6.16. The zero-order valence-corrected chi connectivity index (χ0v) is 9.84. The summed E-state index contributed by atoms with van der Waals surface area (Å²) in [5.41, 5.74) is 0. The summed E-state index contributed by atoms with van der Waals surface area (Å²) in [6, 6.07) is 0.264. The van der Waals surface area contributed by atoms with Gasteiger partial charge in [-0.3, -0.25) is 4.79 Å². The molecule has 0 aliphatic heterocycles. The van der Waals surface area contributed by atoms with Crippen LogP contribution in [0.25, 0.3) is 0 Å². The number of hydrogen-bond acceptors (Lipinski definition) is 3. The number of carbonyl (C=O) groups is 1. The maximum Gasteiger partial charge on any atom is 0.232 e. The molecule has 0 aromatic heterocycles. The minimum atomic E-state index is 0.111. The monoisotopic (exact) mass is 204 g/mol.